The molecule has 6 aliphatic rings. The number of carbonyl (C=O) groups is 7. The fourth-order valence-electron chi connectivity index (χ4n) is 12.6. The number of rotatable bonds is 8. The van der Waals surface area contributed by atoms with Crippen molar-refractivity contribution in [2.75, 3.05) is 87.3 Å². The van der Waals surface area contributed by atoms with Gasteiger partial charge in [0.15, 0.2) is 0 Å². The van der Waals surface area contributed by atoms with Crippen LogP contribution >= 0.6 is 0 Å². The second-order valence-electron chi connectivity index (χ2n) is 26.9. The van der Waals surface area contributed by atoms with Crippen molar-refractivity contribution < 1.29 is 96.6 Å². The number of aliphatic hydroxyl groups excluding tert-OH is 1. The van der Waals surface area contributed by atoms with Crippen molar-refractivity contribution in [1.29, 1.82) is 5.26 Å². The number of esters is 3. The van der Waals surface area contributed by atoms with Crippen molar-refractivity contribution in [3.05, 3.63) is 114 Å². The zero-order valence-corrected chi connectivity index (χ0v) is 60.6. The van der Waals surface area contributed by atoms with Crippen LogP contribution < -0.4 is 34.9 Å². The van der Waals surface area contributed by atoms with Crippen molar-refractivity contribution in [2.45, 2.75) is 204 Å². The molecule has 6 heterocycles. The van der Waals surface area contributed by atoms with Gasteiger partial charge in [-0.3, -0.25) is 29.3 Å². The van der Waals surface area contributed by atoms with Gasteiger partial charge in [0.25, 0.3) is 0 Å². The molecule has 0 saturated carbocycles. The Balaban J connectivity index is 0.000000434. The molecule has 3 aromatic carbocycles. The minimum absolute atomic E-state index is 0. The molecule has 0 bridgehead atoms. The number of hydrogen-bond acceptors (Lipinski definition) is 18. The fraction of sp³-hybridized carbons (Fsp3) is 0.634. The predicted molar refractivity (Wildman–Crippen MR) is 357 cm³/mol. The summed E-state index contributed by atoms with van der Waals surface area (Å²) in [7, 11) is 4.99. The van der Waals surface area contributed by atoms with Crippen molar-refractivity contribution in [3.8, 4) is 0 Å². The summed E-state index contributed by atoms with van der Waals surface area (Å²) in [6.45, 7) is 28.6. The second kappa shape index (κ2) is 41.8. The number of benzene rings is 3. The van der Waals surface area contributed by atoms with Crippen molar-refractivity contribution in [2.24, 2.45) is 0 Å². The average molecular weight is 1320 g/mol. The van der Waals surface area contributed by atoms with Gasteiger partial charge >= 0.3 is 65.7 Å². The molecule has 3 amide bonds. The summed E-state index contributed by atoms with van der Waals surface area (Å²) in [5.74, 6) is 0.421. The Morgan fingerprint density at radius 2 is 0.819 bits per heavy atom. The van der Waals surface area contributed by atoms with Crippen LogP contribution in [0.15, 0.2) is 91.0 Å². The van der Waals surface area contributed by atoms with Crippen LogP contribution in [-0.4, -0.2) is 214 Å². The molecule has 2 N–H and O–H groups in total. The Kier molecular flexibility index (Phi) is 37.4. The van der Waals surface area contributed by atoms with Crippen LogP contribution in [0.25, 0.3) is 0 Å². The van der Waals surface area contributed by atoms with E-state index in [1.807, 2.05) is 41.5 Å². The number of aliphatic hydroxyl groups is 1. The van der Waals surface area contributed by atoms with Crippen LogP contribution in [0.4, 0.5) is 14.4 Å². The molecule has 94 heavy (non-hydrogen) atoms. The Hall–Kier alpha value is -6.06. The Morgan fingerprint density at radius 3 is 1.15 bits per heavy atom. The molecule has 6 saturated heterocycles. The normalized spacial score (nSPS) is 23.1. The van der Waals surface area contributed by atoms with E-state index in [2.05, 4.69) is 111 Å². The number of nitrogens with one attached hydrogen (secondary N) is 1. The van der Waals surface area contributed by atoms with E-state index in [1.165, 1.54) is 75.1 Å². The molecule has 0 spiro atoms. The van der Waals surface area contributed by atoms with Crippen molar-refractivity contribution >= 4 is 50.4 Å². The van der Waals surface area contributed by atoms with Crippen LogP contribution in [0, 0.1) is 11.8 Å². The monoisotopic (exact) mass is 1310 g/mol. The first kappa shape index (κ1) is 84.0. The van der Waals surface area contributed by atoms with Gasteiger partial charge in [0, 0.05) is 79.7 Å². The van der Waals surface area contributed by atoms with E-state index >= 15 is 0 Å². The zero-order valence-electron chi connectivity index (χ0n) is 58.6. The number of hydrogen-bond donors (Lipinski definition) is 2. The van der Waals surface area contributed by atoms with Crippen LogP contribution in [0.2, 0.25) is 0 Å². The molecule has 8 atom stereocenters. The summed E-state index contributed by atoms with van der Waals surface area (Å²) in [6.07, 6.45) is 8.97. The number of carbonyl (C=O) groups excluding carboxylic acids is 7. The molecule has 6 fully saturated rings. The van der Waals surface area contributed by atoms with Crippen LogP contribution in [-0.2, 0) is 47.6 Å². The number of amides is 3. The summed E-state index contributed by atoms with van der Waals surface area (Å²) in [6, 6.07) is 30.6. The molecule has 0 unspecified atom stereocenters. The van der Waals surface area contributed by atoms with Crippen LogP contribution in [0.5, 0.6) is 0 Å². The maximum atomic E-state index is 12.6. The fourth-order valence-corrected chi connectivity index (χ4v) is 12.6. The number of Topliss-reactive ketones (excluding diaryl/α,β-unsaturated/α-hetero) is 1. The van der Waals surface area contributed by atoms with Crippen LogP contribution in [0.3, 0.4) is 0 Å². The molecule has 9 rings (SSSR count). The van der Waals surface area contributed by atoms with E-state index in [-0.39, 0.29) is 87.2 Å². The van der Waals surface area contributed by atoms with Gasteiger partial charge in [-0.05, 0) is 181 Å². The van der Waals surface area contributed by atoms with E-state index in [0.29, 0.717) is 37.8 Å². The van der Waals surface area contributed by atoms with Crippen LogP contribution in [0.1, 0.15) is 174 Å². The molecule has 0 aliphatic carbocycles. The van der Waals surface area contributed by atoms with E-state index in [4.69, 9.17) is 40.6 Å². The Labute approximate surface area is 584 Å². The van der Waals surface area contributed by atoms with E-state index in [0.717, 1.165) is 71.4 Å². The smallest absolute Gasteiger partial charge is 0.512 e. The molecule has 6 aliphatic heterocycles. The molecular weight excluding hydrogens is 1210 g/mol. The molecular formula is C71H106BN7NaO14. The van der Waals surface area contributed by atoms with Gasteiger partial charge in [0.2, 0.25) is 0 Å². The summed E-state index contributed by atoms with van der Waals surface area (Å²) >= 11 is 0. The number of likely N-dealkylation sites (tertiary alicyclic amines) is 5. The molecule has 0 aromatic heterocycles. The zero-order chi connectivity index (χ0) is 68.2. The van der Waals surface area contributed by atoms with Crippen molar-refractivity contribution in [3.63, 3.8) is 0 Å². The maximum Gasteiger partial charge on any atom is 1.00 e. The van der Waals surface area contributed by atoms with Gasteiger partial charge in [-0.2, -0.15) is 0 Å². The molecule has 513 valence electrons. The topological polar surface area (TPSA) is 247 Å². The minimum Gasteiger partial charge on any atom is -0.512 e. The van der Waals surface area contributed by atoms with Gasteiger partial charge in [0.1, 0.15) is 40.7 Å². The summed E-state index contributed by atoms with van der Waals surface area (Å²) < 4.78 is 30.9. The summed E-state index contributed by atoms with van der Waals surface area (Å²) in [5.41, 5.74) is 2.43. The number of nitrogens with zero attached hydrogens (tertiary/aromatic N) is 6. The molecule has 23 heteroatoms. The second-order valence-corrected chi connectivity index (χ2v) is 26.9. The summed E-state index contributed by atoms with van der Waals surface area (Å²) in [4.78, 5) is 94.5. The third-order valence-electron chi connectivity index (χ3n) is 16.9. The minimum atomic E-state index is -0.869. The number of ketones is 1. The van der Waals surface area contributed by atoms with E-state index in [9.17, 15) is 33.6 Å². The van der Waals surface area contributed by atoms with Gasteiger partial charge < -0.3 is 50.7 Å². The first-order valence-electron chi connectivity index (χ1n) is 32.5. The molecule has 3 radical (unpaired) electrons. The number of methoxy groups -OCH3 is 3. The third kappa shape index (κ3) is 27.6. The molecule has 21 nitrogen and oxygen atoms in total. The first-order valence-corrected chi connectivity index (χ1v) is 32.5. The first-order chi connectivity index (χ1) is 43.8. The standard InChI is InChI=1S/2C23H34N2O4.C12H19NO5.C11H15N.CN.CH4O.B.Na/c2*1-23(2,3)29-22(27)25-14-12-19(15-20(25)21(26)28-4)24-13-8-11-18(16-24)17-9-6-5-7-10-17;1-12(2,3)18-11(16)13-6-5-8(14)7-9(13)10(15)17-4;1-2-5-10(6-3-1)11-7-4-8-12-9-11;2*1-2;;/h2*5-7,9-10,18-20H,8,11-16H2,1-4H3;9H,5-7H2,1-4H3;1-3,5-6,11-12H,4,7-9H2;;2H,1H3;;/q;;;;-1;;;+1/t18-,19+,20+;18-,19-,20+;9-;11-;;;;/m1101..../s1. The van der Waals surface area contributed by atoms with Gasteiger partial charge in [-0.15, -0.1) is 0 Å². The Bertz CT molecular complexity index is 2640. The van der Waals surface area contributed by atoms with Gasteiger partial charge in [0.05, 0.1) is 21.3 Å². The number of ether oxygens (including phenoxy) is 6. The van der Waals surface area contributed by atoms with E-state index in [1.54, 1.807) is 30.6 Å². The SMILES string of the molecule is CO.COC(=O)[C@@H]1CC(=O)CCN1C(=O)OC(C)(C)C.COC(=O)[C@@H]1C[C@@H](N2CCC[C@@H](c3ccccc3)C2)CCN1C(=O)OC(C)(C)C.COC(=O)[C@@H]1C[C@H](N2CCC[C@@H](c3ccccc3)C2)CCN1C(=O)OC(C)(C)C.[B].[C-]#N.[Na+].c1ccc([C@@H]2CCCNC2)cc1. The Morgan fingerprint density at radius 1 is 0.489 bits per heavy atom. The van der Waals surface area contributed by atoms with Gasteiger partial charge in [-0.1, -0.05) is 91.0 Å². The maximum absolute atomic E-state index is 12.6. The van der Waals surface area contributed by atoms with Crippen molar-refractivity contribution in [1.82, 2.24) is 29.8 Å². The summed E-state index contributed by atoms with van der Waals surface area (Å²) in [5, 5.41) is 16.7. The van der Waals surface area contributed by atoms with Gasteiger partial charge in [-0.25, -0.2) is 28.8 Å². The van der Waals surface area contributed by atoms with E-state index < -0.39 is 59.2 Å². The largest absolute Gasteiger partial charge is 1.00 e. The predicted octanol–water partition coefficient (Wildman–Crippen LogP) is 7.22. The molecule has 3 aromatic rings. The number of piperidine rings is 6. The average Bonchev–Trinajstić information content (AvgIpc) is 0.890. The quantitative estimate of drug-likeness (QED) is 0.0977. The third-order valence-corrected chi connectivity index (χ3v) is 16.9.